The van der Waals surface area contributed by atoms with Crippen LogP contribution >= 0.6 is 11.6 Å². The Morgan fingerprint density at radius 2 is 1.72 bits per heavy atom. The minimum atomic E-state index is -3.79. The van der Waals surface area contributed by atoms with Crippen LogP contribution < -0.4 is 9.64 Å². The van der Waals surface area contributed by atoms with Crippen molar-refractivity contribution in [3.05, 3.63) is 52.5 Å². The maximum atomic E-state index is 14.2. The maximum absolute atomic E-state index is 14.2. The van der Waals surface area contributed by atoms with Crippen LogP contribution in [0, 0.1) is 12.3 Å². The number of ether oxygens (including phenoxy) is 2. The molecule has 1 saturated carbocycles. The predicted octanol–water partition coefficient (Wildman–Crippen LogP) is 6.07. The van der Waals surface area contributed by atoms with E-state index in [9.17, 15) is 13.2 Å². The Balaban J connectivity index is 1.89. The van der Waals surface area contributed by atoms with Gasteiger partial charge in [0.1, 0.15) is 10.5 Å². The number of nitrogens with zero attached hydrogens (tertiary/aromatic N) is 1. The SMILES string of the molecule is COc1cc(C2(S(=O)(=O)c3ccc(Cl)cc3)CCOCC2)cc(C)c1N(C(=O)C(C)(C)C)C1CCC1. The molecule has 0 N–H and O–H groups in total. The average molecular weight is 534 g/mol. The van der Waals surface area contributed by atoms with Crippen LogP contribution in [0.3, 0.4) is 0 Å². The summed E-state index contributed by atoms with van der Waals surface area (Å²) in [7, 11) is -2.22. The molecular weight excluding hydrogens is 498 g/mol. The van der Waals surface area contributed by atoms with E-state index in [-0.39, 0.29) is 16.8 Å². The molecule has 2 aromatic rings. The number of amides is 1. The van der Waals surface area contributed by atoms with Crippen molar-refractivity contribution in [2.75, 3.05) is 25.2 Å². The quantitative estimate of drug-likeness (QED) is 0.450. The summed E-state index contributed by atoms with van der Waals surface area (Å²) in [5, 5.41) is 0.483. The van der Waals surface area contributed by atoms with E-state index < -0.39 is 20.0 Å². The van der Waals surface area contributed by atoms with Gasteiger partial charge in [0.05, 0.1) is 17.7 Å². The lowest BCUT2D eigenvalue weighted by atomic mass is 9.85. The number of hydrogen-bond donors (Lipinski definition) is 0. The van der Waals surface area contributed by atoms with E-state index in [1.165, 1.54) is 0 Å². The van der Waals surface area contributed by atoms with E-state index in [1.807, 2.05) is 44.7 Å². The van der Waals surface area contributed by atoms with Gasteiger partial charge in [-0.2, -0.15) is 0 Å². The van der Waals surface area contributed by atoms with Crippen molar-refractivity contribution in [2.24, 2.45) is 5.41 Å². The zero-order valence-corrected chi connectivity index (χ0v) is 23.3. The lowest BCUT2D eigenvalue weighted by Crippen LogP contribution is -2.49. The summed E-state index contributed by atoms with van der Waals surface area (Å²) >= 11 is 6.04. The van der Waals surface area contributed by atoms with Crippen molar-refractivity contribution in [3.63, 3.8) is 0 Å². The topological polar surface area (TPSA) is 72.9 Å². The monoisotopic (exact) mass is 533 g/mol. The number of methoxy groups -OCH3 is 1. The van der Waals surface area contributed by atoms with Crippen LogP contribution in [0.2, 0.25) is 5.02 Å². The second-order valence-electron chi connectivity index (χ2n) is 10.9. The first-order chi connectivity index (χ1) is 16.9. The van der Waals surface area contributed by atoms with Crippen LogP contribution in [0.5, 0.6) is 5.75 Å². The van der Waals surface area contributed by atoms with Crippen molar-refractivity contribution in [1.29, 1.82) is 0 Å². The molecule has 4 rings (SSSR count). The number of carbonyl (C=O) groups excluding carboxylic acids is 1. The van der Waals surface area contributed by atoms with E-state index in [0.29, 0.717) is 42.4 Å². The lowest BCUT2D eigenvalue weighted by molar-refractivity contribution is -0.126. The number of aryl methyl sites for hydroxylation is 1. The zero-order valence-electron chi connectivity index (χ0n) is 21.8. The van der Waals surface area contributed by atoms with Crippen molar-refractivity contribution in [3.8, 4) is 5.75 Å². The first kappa shape index (κ1) is 27.0. The molecule has 0 bridgehead atoms. The Morgan fingerprint density at radius 3 is 2.22 bits per heavy atom. The first-order valence-corrected chi connectivity index (χ1v) is 14.4. The highest BCUT2D eigenvalue weighted by Gasteiger charge is 2.48. The fourth-order valence-corrected chi connectivity index (χ4v) is 7.39. The van der Waals surface area contributed by atoms with E-state index in [4.69, 9.17) is 21.1 Å². The van der Waals surface area contributed by atoms with Crippen LogP contribution in [-0.4, -0.2) is 40.7 Å². The molecule has 0 spiro atoms. The Kier molecular flexibility index (Phi) is 7.48. The van der Waals surface area contributed by atoms with Crippen LogP contribution in [-0.2, 0) is 24.1 Å². The van der Waals surface area contributed by atoms with Gasteiger partial charge in [-0.25, -0.2) is 8.42 Å². The molecule has 0 radical (unpaired) electrons. The van der Waals surface area contributed by atoms with Gasteiger partial charge in [-0.1, -0.05) is 38.4 Å². The van der Waals surface area contributed by atoms with Crippen LogP contribution in [0.4, 0.5) is 5.69 Å². The highest BCUT2D eigenvalue weighted by Crippen LogP contribution is 2.48. The molecule has 0 aromatic heterocycles. The zero-order chi connectivity index (χ0) is 26.3. The second kappa shape index (κ2) is 9.99. The number of rotatable bonds is 6. The normalized spacial score (nSPS) is 18.4. The van der Waals surface area contributed by atoms with Gasteiger partial charge < -0.3 is 14.4 Å². The molecule has 0 atom stereocenters. The number of anilines is 1. The molecule has 1 heterocycles. The molecule has 2 fully saturated rings. The molecule has 196 valence electrons. The van der Waals surface area contributed by atoms with E-state index in [2.05, 4.69) is 0 Å². The molecule has 1 saturated heterocycles. The van der Waals surface area contributed by atoms with Gasteiger partial charge in [0, 0.05) is 29.7 Å². The third kappa shape index (κ3) is 4.66. The average Bonchev–Trinajstić information content (AvgIpc) is 2.80. The van der Waals surface area contributed by atoms with Crippen LogP contribution in [0.1, 0.15) is 64.0 Å². The molecule has 6 nitrogen and oxygen atoms in total. The van der Waals surface area contributed by atoms with E-state index in [1.54, 1.807) is 31.4 Å². The summed E-state index contributed by atoms with van der Waals surface area (Å²) in [5.41, 5.74) is 1.66. The van der Waals surface area contributed by atoms with Gasteiger partial charge in [-0.15, -0.1) is 0 Å². The summed E-state index contributed by atoms with van der Waals surface area (Å²) in [6, 6.07) is 10.2. The largest absolute Gasteiger partial charge is 0.495 e. The Labute approximate surface area is 219 Å². The lowest BCUT2D eigenvalue weighted by Gasteiger charge is -2.42. The van der Waals surface area contributed by atoms with Gasteiger partial charge in [0.15, 0.2) is 9.84 Å². The minimum absolute atomic E-state index is 0.0379. The molecule has 2 aliphatic rings. The standard InChI is InChI=1S/C28H36ClNO5S/c1-19-17-20(18-24(34-5)25(19)30(22-7-6-8-22)26(31)27(2,3)4)28(13-15-35-16-14-28)36(32,33)23-11-9-21(29)10-12-23/h9-12,17-18,22H,6-8,13-16H2,1-5H3. The number of sulfone groups is 1. The summed E-state index contributed by atoms with van der Waals surface area (Å²) in [4.78, 5) is 15.7. The van der Waals surface area contributed by atoms with Crippen molar-refractivity contribution in [1.82, 2.24) is 0 Å². The van der Waals surface area contributed by atoms with Gasteiger partial charge in [-0.3, -0.25) is 4.79 Å². The van der Waals surface area contributed by atoms with Crippen LogP contribution in [0.25, 0.3) is 0 Å². The molecule has 36 heavy (non-hydrogen) atoms. The first-order valence-electron chi connectivity index (χ1n) is 12.5. The molecule has 2 aromatic carbocycles. The molecule has 1 aliphatic heterocycles. The fraction of sp³-hybridized carbons (Fsp3) is 0.536. The molecule has 1 amide bonds. The van der Waals surface area contributed by atoms with Crippen molar-refractivity contribution in [2.45, 2.75) is 75.5 Å². The smallest absolute Gasteiger partial charge is 0.232 e. The van der Waals surface area contributed by atoms with Gasteiger partial charge in [-0.05, 0) is 80.5 Å². The van der Waals surface area contributed by atoms with E-state index >= 15 is 0 Å². The molecule has 0 unspecified atom stereocenters. The fourth-order valence-electron chi connectivity index (χ4n) is 5.18. The minimum Gasteiger partial charge on any atom is -0.495 e. The number of halogens is 1. The summed E-state index contributed by atoms with van der Waals surface area (Å²) in [6.45, 7) is 8.39. The Morgan fingerprint density at radius 1 is 1.11 bits per heavy atom. The Bertz CT molecular complexity index is 1220. The highest BCUT2D eigenvalue weighted by atomic mass is 35.5. The van der Waals surface area contributed by atoms with Gasteiger partial charge in [0.2, 0.25) is 5.91 Å². The number of benzene rings is 2. The predicted molar refractivity (Wildman–Crippen MR) is 143 cm³/mol. The third-order valence-corrected chi connectivity index (χ3v) is 10.3. The van der Waals surface area contributed by atoms with E-state index in [0.717, 1.165) is 30.5 Å². The van der Waals surface area contributed by atoms with Crippen molar-refractivity contribution >= 4 is 33.0 Å². The van der Waals surface area contributed by atoms with Crippen LogP contribution in [0.15, 0.2) is 41.3 Å². The molecule has 8 heteroatoms. The molecular formula is C28H36ClNO5S. The molecule has 1 aliphatic carbocycles. The van der Waals surface area contributed by atoms with Gasteiger partial charge in [0.25, 0.3) is 0 Å². The summed E-state index contributed by atoms with van der Waals surface area (Å²) < 4.78 is 38.6. The number of carbonyl (C=O) groups is 1. The highest BCUT2D eigenvalue weighted by molar-refractivity contribution is 7.92. The second-order valence-corrected chi connectivity index (χ2v) is 13.6. The summed E-state index contributed by atoms with van der Waals surface area (Å²) in [6.07, 6.45) is 3.62. The third-order valence-electron chi connectivity index (χ3n) is 7.49. The van der Waals surface area contributed by atoms with Gasteiger partial charge >= 0.3 is 0 Å². The maximum Gasteiger partial charge on any atom is 0.232 e. The van der Waals surface area contributed by atoms with Crippen molar-refractivity contribution < 1.29 is 22.7 Å². The Hall–Kier alpha value is -2.09. The number of hydrogen-bond acceptors (Lipinski definition) is 5. The summed E-state index contributed by atoms with van der Waals surface area (Å²) in [5.74, 6) is 0.558.